The average molecular weight is 296 g/mol. The maximum Gasteiger partial charge on any atom is 0.213 e. The molecule has 0 amide bonds. The maximum atomic E-state index is 11.8. The molecule has 0 aliphatic carbocycles. The summed E-state index contributed by atoms with van der Waals surface area (Å²) in [7, 11) is -6.23. The second-order valence-electron chi connectivity index (χ2n) is 5.19. The van der Waals surface area contributed by atoms with Crippen molar-refractivity contribution in [2.75, 3.05) is 30.3 Å². The molecule has 2 fully saturated rings. The van der Waals surface area contributed by atoms with E-state index in [1.807, 2.05) is 0 Å². The molecule has 0 bridgehead atoms. The molecule has 0 aromatic carbocycles. The lowest BCUT2D eigenvalue weighted by atomic mass is 10.1. The van der Waals surface area contributed by atoms with Crippen LogP contribution in [-0.4, -0.2) is 53.2 Å². The van der Waals surface area contributed by atoms with Gasteiger partial charge in [-0.05, 0) is 31.7 Å². The fourth-order valence-corrected chi connectivity index (χ4v) is 5.78. The summed E-state index contributed by atoms with van der Waals surface area (Å²) in [4.78, 5) is 0. The molecule has 6 nitrogen and oxygen atoms in total. The fourth-order valence-electron chi connectivity index (χ4n) is 2.50. The minimum atomic E-state index is -3.30. The first kappa shape index (κ1) is 14.2. The van der Waals surface area contributed by atoms with Crippen LogP contribution in [-0.2, 0) is 19.9 Å². The molecule has 2 aliphatic rings. The molecule has 2 N–H and O–H groups in total. The molecule has 2 rings (SSSR count). The molecule has 0 saturated carbocycles. The fraction of sp³-hybridized carbons (Fsp3) is 1.00. The van der Waals surface area contributed by atoms with Crippen molar-refractivity contribution in [2.24, 2.45) is 5.92 Å². The third-order valence-corrected chi connectivity index (χ3v) is 6.79. The van der Waals surface area contributed by atoms with E-state index in [9.17, 15) is 16.8 Å². The van der Waals surface area contributed by atoms with Gasteiger partial charge in [-0.25, -0.2) is 21.6 Å². The van der Waals surface area contributed by atoms with E-state index in [-0.39, 0.29) is 35.8 Å². The SMILES string of the molecule is O=S1(=O)CCC(CNS(=O)(=O)CC2CCCN2)C1. The first-order valence-electron chi connectivity index (χ1n) is 6.27. The highest BCUT2D eigenvalue weighted by atomic mass is 32.2. The van der Waals surface area contributed by atoms with Gasteiger partial charge in [0, 0.05) is 12.6 Å². The topological polar surface area (TPSA) is 92.3 Å². The number of nitrogens with one attached hydrogen (secondary N) is 2. The van der Waals surface area contributed by atoms with E-state index in [0.29, 0.717) is 6.42 Å². The van der Waals surface area contributed by atoms with Gasteiger partial charge in [0.05, 0.1) is 17.3 Å². The number of sulfone groups is 1. The molecule has 2 saturated heterocycles. The van der Waals surface area contributed by atoms with Gasteiger partial charge in [0.25, 0.3) is 0 Å². The Hall–Kier alpha value is -0.180. The van der Waals surface area contributed by atoms with Crippen LogP contribution in [0.2, 0.25) is 0 Å². The highest BCUT2D eigenvalue weighted by Crippen LogP contribution is 2.17. The lowest BCUT2D eigenvalue weighted by Gasteiger charge is -2.13. The van der Waals surface area contributed by atoms with Gasteiger partial charge in [-0.2, -0.15) is 0 Å². The predicted octanol–water partition coefficient (Wildman–Crippen LogP) is -0.907. The van der Waals surface area contributed by atoms with Crippen LogP contribution < -0.4 is 10.0 Å². The summed E-state index contributed by atoms with van der Waals surface area (Å²) in [5, 5.41) is 3.14. The van der Waals surface area contributed by atoms with Crippen LogP contribution in [0.4, 0.5) is 0 Å². The van der Waals surface area contributed by atoms with E-state index >= 15 is 0 Å². The summed E-state index contributed by atoms with van der Waals surface area (Å²) < 4.78 is 48.7. The van der Waals surface area contributed by atoms with Gasteiger partial charge >= 0.3 is 0 Å². The van der Waals surface area contributed by atoms with Gasteiger partial charge in [0.1, 0.15) is 0 Å². The van der Waals surface area contributed by atoms with E-state index in [4.69, 9.17) is 0 Å². The van der Waals surface area contributed by atoms with E-state index in [1.54, 1.807) is 0 Å². The lowest BCUT2D eigenvalue weighted by molar-refractivity contribution is 0.534. The van der Waals surface area contributed by atoms with Crippen LogP contribution in [0.15, 0.2) is 0 Å². The van der Waals surface area contributed by atoms with E-state index < -0.39 is 19.9 Å². The van der Waals surface area contributed by atoms with Gasteiger partial charge in [0.2, 0.25) is 10.0 Å². The molecule has 2 atom stereocenters. The summed E-state index contributed by atoms with van der Waals surface area (Å²) >= 11 is 0. The van der Waals surface area contributed by atoms with Gasteiger partial charge in [-0.3, -0.25) is 0 Å². The molecule has 2 aliphatic heterocycles. The van der Waals surface area contributed by atoms with Crippen LogP contribution in [0.5, 0.6) is 0 Å². The zero-order chi connectivity index (χ0) is 13.2. The molecule has 18 heavy (non-hydrogen) atoms. The largest absolute Gasteiger partial charge is 0.313 e. The maximum absolute atomic E-state index is 11.8. The Kier molecular flexibility index (Phi) is 4.30. The number of hydrogen-bond acceptors (Lipinski definition) is 5. The zero-order valence-corrected chi connectivity index (χ0v) is 11.9. The van der Waals surface area contributed by atoms with E-state index in [2.05, 4.69) is 10.0 Å². The normalized spacial score (nSPS) is 31.8. The van der Waals surface area contributed by atoms with Gasteiger partial charge in [0.15, 0.2) is 9.84 Å². The van der Waals surface area contributed by atoms with E-state index in [1.165, 1.54) is 0 Å². The summed E-state index contributed by atoms with van der Waals surface area (Å²) in [6.07, 6.45) is 2.46. The van der Waals surface area contributed by atoms with Crippen LogP contribution in [0.1, 0.15) is 19.3 Å². The first-order valence-corrected chi connectivity index (χ1v) is 9.75. The molecular formula is C10H20N2O4S2. The van der Waals surface area contributed by atoms with Crippen molar-refractivity contribution in [3.8, 4) is 0 Å². The number of rotatable bonds is 5. The van der Waals surface area contributed by atoms with Crippen molar-refractivity contribution in [1.82, 2.24) is 10.0 Å². The molecule has 2 heterocycles. The second-order valence-corrected chi connectivity index (χ2v) is 9.27. The van der Waals surface area contributed by atoms with Crippen LogP contribution in [0.3, 0.4) is 0 Å². The Morgan fingerprint density at radius 1 is 1.28 bits per heavy atom. The molecule has 0 spiro atoms. The first-order chi connectivity index (χ1) is 8.36. The second kappa shape index (κ2) is 5.44. The number of hydrogen-bond donors (Lipinski definition) is 2. The Morgan fingerprint density at radius 3 is 2.61 bits per heavy atom. The highest BCUT2D eigenvalue weighted by molar-refractivity contribution is 7.91. The van der Waals surface area contributed by atoms with Crippen molar-refractivity contribution in [3.63, 3.8) is 0 Å². The van der Waals surface area contributed by atoms with Gasteiger partial charge in [-0.15, -0.1) is 0 Å². The Labute approximate surface area is 108 Å². The predicted molar refractivity (Wildman–Crippen MR) is 69.6 cm³/mol. The average Bonchev–Trinajstić information content (AvgIpc) is 2.85. The minimum absolute atomic E-state index is 0.0369. The number of sulfonamides is 1. The molecule has 2 unspecified atom stereocenters. The van der Waals surface area contributed by atoms with Crippen LogP contribution in [0.25, 0.3) is 0 Å². The van der Waals surface area contributed by atoms with Gasteiger partial charge < -0.3 is 5.32 Å². The van der Waals surface area contributed by atoms with Crippen molar-refractivity contribution in [1.29, 1.82) is 0 Å². The molecule has 0 aromatic heterocycles. The van der Waals surface area contributed by atoms with Crippen molar-refractivity contribution in [2.45, 2.75) is 25.3 Å². The standard InChI is InChI=1S/C10H20N2O4S2/c13-17(14)5-3-9(7-17)6-12-18(15,16)8-10-2-1-4-11-10/h9-12H,1-8H2. The van der Waals surface area contributed by atoms with Crippen LogP contribution in [0, 0.1) is 5.92 Å². The third-order valence-electron chi connectivity index (χ3n) is 3.50. The molecule has 0 radical (unpaired) electrons. The molecule has 106 valence electrons. The third kappa shape index (κ3) is 4.18. The van der Waals surface area contributed by atoms with Crippen molar-refractivity contribution < 1.29 is 16.8 Å². The van der Waals surface area contributed by atoms with Crippen molar-refractivity contribution >= 4 is 19.9 Å². The van der Waals surface area contributed by atoms with Crippen molar-refractivity contribution in [3.05, 3.63) is 0 Å². The zero-order valence-electron chi connectivity index (χ0n) is 10.3. The van der Waals surface area contributed by atoms with Crippen LogP contribution >= 0.6 is 0 Å². The lowest BCUT2D eigenvalue weighted by Crippen LogP contribution is -2.38. The van der Waals surface area contributed by atoms with E-state index in [0.717, 1.165) is 19.4 Å². The summed E-state index contributed by atoms with van der Waals surface area (Å²) in [5.41, 5.74) is 0. The minimum Gasteiger partial charge on any atom is -0.313 e. The molecular weight excluding hydrogens is 276 g/mol. The highest BCUT2D eigenvalue weighted by Gasteiger charge is 2.29. The molecule has 0 aromatic rings. The van der Waals surface area contributed by atoms with Gasteiger partial charge in [-0.1, -0.05) is 0 Å². The smallest absolute Gasteiger partial charge is 0.213 e. The quantitative estimate of drug-likeness (QED) is 0.685. The monoisotopic (exact) mass is 296 g/mol. The summed E-state index contributed by atoms with van der Waals surface area (Å²) in [6.45, 7) is 1.12. The molecule has 8 heteroatoms. The summed E-state index contributed by atoms with van der Waals surface area (Å²) in [6, 6.07) is 0.0369. The Bertz CT molecular complexity index is 480. The Morgan fingerprint density at radius 2 is 2.06 bits per heavy atom. The Balaban J connectivity index is 1.78. The summed E-state index contributed by atoms with van der Waals surface area (Å²) in [5.74, 6) is 0.314.